The normalized spacial score (nSPS) is 14.3. The molecule has 3 aromatic rings. The van der Waals surface area contributed by atoms with Gasteiger partial charge >= 0.3 is 6.15 Å². The fourth-order valence-corrected chi connectivity index (χ4v) is 6.48. The molecule has 0 amide bonds. The van der Waals surface area contributed by atoms with Crippen molar-refractivity contribution in [1.29, 1.82) is 0 Å². The third-order valence-corrected chi connectivity index (χ3v) is 8.24. The van der Waals surface area contributed by atoms with E-state index in [0.29, 0.717) is 5.92 Å². The first-order valence-electron chi connectivity index (χ1n) is 11.9. The van der Waals surface area contributed by atoms with Crippen molar-refractivity contribution in [2.75, 3.05) is 18.0 Å². The summed E-state index contributed by atoms with van der Waals surface area (Å²) in [5, 5.41) is 1.30. The summed E-state index contributed by atoms with van der Waals surface area (Å²) in [5.41, 5.74) is 8.50. The number of benzene rings is 1. The molecule has 0 aliphatic carbocycles. The van der Waals surface area contributed by atoms with Crippen molar-refractivity contribution < 1.29 is 9.59 Å². The highest BCUT2D eigenvalue weighted by molar-refractivity contribution is 9.11. The van der Waals surface area contributed by atoms with Crippen LogP contribution in [0.15, 0.2) is 27.1 Å². The van der Waals surface area contributed by atoms with Crippen molar-refractivity contribution in [3.05, 3.63) is 49.7 Å². The standard InChI is InChI=1S/C26H33Br2N3.CO2/c1-7-19-8-10-30(11-9-19)23-12-16(4)29-26-24(23)17(5)18(6)31(26)25-21(27)13-20(15(2)3)14-22(25)28;2-1-3/h12-15,19H,7-11H2,1-6H3;. The highest BCUT2D eigenvalue weighted by Gasteiger charge is 2.25. The minimum Gasteiger partial charge on any atom is -0.371 e. The van der Waals surface area contributed by atoms with Crippen LogP contribution in [0.4, 0.5) is 5.69 Å². The summed E-state index contributed by atoms with van der Waals surface area (Å²) in [6.07, 6.45) is 4.11. The number of nitrogens with zero attached hydrogens (tertiary/aromatic N) is 3. The van der Waals surface area contributed by atoms with Crippen LogP contribution in [0.3, 0.4) is 0 Å². The van der Waals surface area contributed by atoms with Gasteiger partial charge in [-0.2, -0.15) is 9.59 Å². The van der Waals surface area contributed by atoms with Gasteiger partial charge in [0.1, 0.15) is 5.65 Å². The molecule has 0 unspecified atom stereocenters. The van der Waals surface area contributed by atoms with E-state index in [4.69, 9.17) is 14.6 Å². The lowest BCUT2D eigenvalue weighted by atomic mass is 9.94. The summed E-state index contributed by atoms with van der Waals surface area (Å²) in [6, 6.07) is 6.78. The average Bonchev–Trinajstić information content (AvgIpc) is 3.03. The Bertz CT molecular complexity index is 1200. The van der Waals surface area contributed by atoms with Crippen molar-refractivity contribution in [3.8, 4) is 5.69 Å². The molecule has 4 rings (SSSR count). The van der Waals surface area contributed by atoms with E-state index in [1.165, 1.54) is 47.2 Å². The lowest BCUT2D eigenvalue weighted by Crippen LogP contribution is -2.33. The molecule has 1 aliphatic heterocycles. The van der Waals surface area contributed by atoms with Crippen molar-refractivity contribution in [2.24, 2.45) is 5.92 Å². The molecule has 1 fully saturated rings. The smallest absolute Gasteiger partial charge is 0.371 e. The van der Waals surface area contributed by atoms with Crippen LogP contribution in [0.1, 0.15) is 68.5 Å². The molecule has 5 nitrogen and oxygen atoms in total. The quantitative estimate of drug-likeness (QED) is 0.313. The second kappa shape index (κ2) is 11.2. The summed E-state index contributed by atoms with van der Waals surface area (Å²) in [6.45, 7) is 15.6. The highest BCUT2D eigenvalue weighted by Crippen LogP contribution is 2.41. The Hall–Kier alpha value is -1.95. The molecule has 0 bridgehead atoms. The van der Waals surface area contributed by atoms with Crippen molar-refractivity contribution >= 4 is 54.7 Å². The first-order chi connectivity index (χ1) is 16.1. The molecule has 3 heterocycles. The topological polar surface area (TPSA) is 55.2 Å². The summed E-state index contributed by atoms with van der Waals surface area (Å²) in [7, 11) is 0. The molecule has 182 valence electrons. The molecule has 1 saturated heterocycles. The van der Waals surface area contributed by atoms with E-state index in [9.17, 15) is 0 Å². The molecular weight excluding hydrogens is 558 g/mol. The number of halogens is 2. The number of aromatic nitrogens is 2. The Morgan fingerprint density at radius 3 is 2.12 bits per heavy atom. The van der Waals surface area contributed by atoms with Crippen LogP contribution >= 0.6 is 31.9 Å². The monoisotopic (exact) mass is 589 g/mol. The predicted molar refractivity (Wildman–Crippen MR) is 145 cm³/mol. The van der Waals surface area contributed by atoms with Gasteiger partial charge in [-0.1, -0.05) is 27.2 Å². The predicted octanol–water partition coefficient (Wildman–Crippen LogP) is 7.64. The van der Waals surface area contributed by atoms with Gasteiger partial charge in [-0.15, -0.1) is 0 Å². The number of anilines is 1. The van der Waals surface area contributed by atoms with Crippen molar-refractivity contribution in [3.63, 3.8) is 0 Å². The maximum atomic E-state index is 8.12. The zero-order valence-electron chi connectivity index (χ0n) is 20.8. The van der Waals surface area contributed by atoms with E-state index in [2.05, 4.69) is 101 Å². The van der Waals surface area contributed by atoms with Crippen LogP contribution in [-0.4, -0.2) is 28.8 Å². The number of fused-ring (bicyclic) bond motifs is 1. The van der Waals surface area contributed by atoms with Crippen LogP contribution < -0.4 is 4.90 Å². The number of rotatable bonds is 4. The van der Waals surface area contributed by atoms with E-state index in [1.807, 2.05) is 0 Å². The highest BCUT2D eigenvalue weighted by atomic mass is 79.9. The van der Waals surface area contributed by atoms with Crippen LogP contribution in [-0.2, 0) is 9.59 Å². The Morgan fingerprint density at radius 2 is 1.62 bits per heavy atom. The van der Waals surface area contributed by atoms with Gasteiger partial charge in [0.15, 0.2) is 0 Å². The lowest BCUT2D eigenvalue weighted by molar-refractivity contribution is -0.191. The largest absolute Gasteiger partial charge is 0.373 e. The molecule has 1 aromatic carbocycles. The molecule has 0 radical (unpaired) electrons. The Balaban J connectivity index is 0.00000103. The van der Waals surface area contributed by atoms with Gasteiger partial charge in [-0.05, 0) is 107 Å². The fourth-order valence-electron chi connectivity index (χ4n) is 4.91. The number of aryl methyl sites for hydroxylation is 2. The molecule has 2 aromatic heterocycles. The first-order valence-corrected chi connectivity index (χ1v) is 13.5. The lowest BCUT2D eigenvalue weighted by Gasteiger charge is -2.34. The molecule has 0 saturated carbocycles. The average molecular weight is 591 g/mol. The number of piperidine rings is 1. The SMILES string of the molecule is CCC1CCN(c2cc(C)nc3c2c(C)c(C)n3-c2c(Br)cc(C(C)C)cc2Br)CC1.O=C=O. The van der Waals surface area contributed by atoms with Gasteiger partial charge in [0.05, 0.1) is 5.69 Å². The second-order valence-corrected chi connectivity index (χ2v) is 11.1. The number of hydrogen-bond acceptors (Lipinski definition) is 4. The van der Waals surface area contributed by atoms with Crippen LogP contribution in [0.25, 0.3) is 16.7 Å². The van der Waals surface area contributed by atoms with Crippen LogP contribution in [0.5, 0.6) is 0 Å². The second-order valence-electron chi connectivity index (χ2n) is 9.44. The fraction of sp³-hybridized carbons (Fsp3) is 0.481. The van der Waals surface area contributed by atoms with Gasteiger partial charge in [0, 0.05) is 44.5 Å². The minimum absolute atomic E-state index is 0.250. The maximum absolute atomic E-state index is 8.12. The van der Waals surface area contributed by atoms with Gasteiger partial charge in [-0.25, -0.2) is 4.98 Å². The molecule has 7 heteroatoms. The number of hydrogen-bond donors (Lipinski definition) is 0. The Labute approximate surface area is 219 Å². The summed E-state index contributed by atoms with van der Waals surface area (Å²) >= 11 is 7.74. The van der Waals surface area contributed by atoms with E-state index >= 15 is 0 Å². The third-order valence-electron chi connectivity index (χ3n) is 7.03. The zero-order valence-corrected chi connectivity index (χ0v) is 24.0. The Kier molecular flexibility index (Phi) is 8.77. The number of carbonyl (C=O) groups excluding carboxylic acids is 2. The van der Waals surface area contributed by atoms with E-state index in [-0.39, 0.29) is 6.15 Å². The maximum Gasteiger partial charge on any atom is 0.373 e. The van der Waals surface area contributed by atoms with Gasteiger partial charge in [0.25, 0.3) is 0 Å². The molecule has 0 N–H and O–H groups in total. The zero-order chi connectivity index (χ0) is 25.2. The van der Waals surface area contributed by atoms with Crippen molar-refractivity contribution in [1.82, 2.24) is 9.55 Å². The molecule has 0 spiro atoms. The third kappa shape index (κ3) is 5.17. The molecule has 0 atom stereocenters. The summed E-state index contributed by atoms with van der Waals surface area (Å²) in [5.74, 6) is 1.34. The van der Waals surface area contributed by atoms with Gasteiger partial charge in [-0.3, -0.25) is 4.57 Å². The van der Waals surface area contributed by atoms with Crippen LogP contribution in [0.2, 0.25) is 0 Å². The number of pyridine rings is 1. The van der Waals surface area contributed by atoms with E-state index in [0.717, 1.165) is 45.0 Å². The van der Waals surface area contributed by atoms with Gasteiger partial charge in [0.2, 0.25) is 0 Å². The van der Waals surface area contributed by atoms with Gasteiger partial charge < -0.3 is 4.90 Å². The van der Waals surface area contributed by atoms with E-state index in [1.54, 1.807) is 0 Å². The van der Waals surface area contributed by atoms with E-state index < -0.39 is 0 Å². The minimum atomic E-state index is 0.250. The summed E-state index contributed by atoms with van der Waals surface area (Å²) < 4.78 is 4.52. The first kappa shape index (κ1) is 26.7. The Morgan fingerprint density at radius 1 is 1.06 bits per heavy atom. The molecular formula is C27H33Br2N3O2. The van der Waals surface area contributed by atoms with Crippen LogP contribution in [0, 0.1) is 26.7 Å². The summed E-state index contributed by atoms with van der Waals surface area (Å²) in [4.78, 5) is 23.9. The molecule has 34 heavy (non-hydrogen) atoms. The molecule has 1 aliphatic rings. The van der Waals surface area contributed by atoms with Crippen molar-refractivity contribution in [2.45, 2.75) is 66.7 Å².